The van der Waals surface area contributed by atoms with E-state index in [0.717, 1.165) is 57.4 Å². The van der Waals surface area contributed by atoms with Gasteiger partial charge in [-0.15, -0.1) is 0 Å². The topological polar surface area (TPSA) is 52.1 Å². The number of likely N-dealkylation sites (tertiary alicyclic amines) is 1. The van der Waals surface area contributed by atoms with Crippen molar-refractivity contribution < 1.29 is 9.84 Å². The molecule has 3 heterocycles. The van der Waals surface area contributed by atoms with E-state index in [0.29, 0.717) is 13.2 Å². The number of ether oxygens (including phenoxy) is 1. The van der Waals surface area contributed by atoms with Gasteiger partial charge in [0.05, 0.1) is 0 Å². The Kier molecular flexibility index (Phi) is 8.16. The van der Waals surface area contributed by atoms with Crippen LogP contribution in [0.3, 0.4) is 0 Å². The predicted octanol–water partition coefficient (Wildman–Crippen LogP) is 3.02. The Morgan fingerprint density at radius 1 is 0.871 bits per heavy atom. The van der Waals surface area contributed by atoms with Crippen LogP contribution in [0.5, 0.6) is 5.75 Å². The molecule has 0 spiro atoms. The van der Waals surface area contributed by atoms with E-state index in [4.69, 9.17) is 4.74 Å². The number of nitrogens with zero attached hydrogens (tertiary/aromatic N) is 4. The van der Waals surface area contributed by atoms with Crippen LogP contribution in [-0.2, 0) is 6.54 Å². The average Bonchev–Trinajstić information content (AvgIpc) is 3.08. The highest BCUT2D eigenvalue weighted by molar-refractivity contribution is 5.38. The number of hydrogen-bond acceptors (Lipinski definition) is 6. The highest BCUT2D eigenvalue weighted by Gasteiger charge is 2.18. The first-order valence-electron chi connectivity index (χ1n) is 11.8. The molecule has 0 bridgehead atoms. The fraction of sp³-hybridized carbons (Fsp3) is 0.560. The van der Waals surface area contributed by atoms with E-state index >= 15 is 0 Å². The molecule has 0 aliphatic carbocycles. The largest absolute Gasteiger partial charge is 0.491 e. The van der Waals surface area contributed by atoms with Crippen molar-refractivity contribution in [1.82, 2.24) is 14.8 Å². The van der Waals surface area contributed by atoms with Crippen LogP contribution in [-0.4, -0.2) is 78.4 Å². The molecule has 2 saturated heterocycles. The molecule has 1 unspecified atom stereocenters. The third-order valence-corrected chi connectivity index (χ3v) is 6.26. The fourth-order valence-electron chi connectivity index (χ4n) is 4.53. The number of aromatic nitrogens is 1. The number of benzene rings is 1. The maximum Gasteiger partial charge on any atom is 0.128 e. The van der Waals surface area contributed by atoms with Crippen molar-refractivity contribution in [3.05, 3.63) is 54.2 Å². The molecule has 2 aliphatic rings. The molecule has 0 radical (unpaired) electrons. The van der Waals surface area contributed by atoms with Crippen molar-refractivity contribution in [2.24, 2.45) is 0 Å². The first-order chi connectivity index (χ1) is 15.3. The first-order valence-corrected chi connectivity index (χ1v) is 11.8. The minimum Gasteiger partial charge on any atom is -0.491 e. The Morgan fingerprint density at radius 3 is 2.42 bits per heavy atom. The van der Waals surface area contributed by atoms with Crippen LogP contribution in [0.1, 0.15) is 31.2 Å². The maximum atomic E-state index is 10.4. The zero-order valence-electron chi connectivity index (χ0n) is 18.5. The van der Waals surface area contributed by atoms with Gasteiger partial charge in [0.15, 0.2) is 0 Å². The van der Waals surface area contributed by atoms with E-state index in [-0.39, 0.29) is 0 Å². The van der Waals surface area contributed by atoms with E-state index < -0.39 is 6.10 Å². The molecular formula is C25H36N4O2. The van der Waals surface area contributed by atoms with Gasteiger partial charge in [0.1, 0.15) is 24.3 Å². The quantitative estimate of drug-likeness (QED) is 0.703. The molecule has 2 fully saturated rings. The lowest BCUT2D eigenvalue weighted by Gasteiger charge is -2.35. The third kappa shape index (κ3) is 6.92. The van der Waals surface area contributed by atoms with E-state index in [9.17, 15) is 5.11 Å². The molecule has 0 saturated carbocycles. The van der Waals surface area contributed by atoms with E-state index in [1.165, 1.54) is 31.2 Å². The van der Waals surface area contributed by atoms with Gasteiger partial charge in [-0.1, -0.05) is 31.0 Å². The summed E-state index contributed by atoms with van der Waals surface area (Å²) >= 11 is 0. The summed E-state index contributed by atoms with van der Waals surface area (Å²) in [7, 11) is 0. The molecule has 31 heavy (non-hydrogen) atoms. The minimum atomic E-state index is -0.443. The van der Waals surface area contributed by atoms with Crippen LogP contribution in [0.25, 0.3) is 0 Å². The van der Waals surface area contributed by atoms with Gasteiger partial charge >= 0.3 is 0 Å². The molecular weight excluding hydrogens is 388 g/mol. The van der Waals surface area contributed by atoms with Crippen molar-refractivity contribution in [3.8, 4) is 5.75 Å². The number of aliphatic hydroxyl groups is 1. The Hall–Kier alpha value is -2.15. The van der Waals surface area contributed by atoms with Gasteiger partial charge in [0.25, 0.3) is 0 Å². The highest BCUT2D eigenvalue weighted by Crippen LogP contribution is 2.18. The van der Waals surface area contributed by atoms with E-state index in [1.807, 2.05) is 24.4 Å². The second kappa shape index (κ2) is 11.5. The van der Waals surface area contributed by atoms with Gasteiger partial charge in [-0.25, -0.2) is 4.98 Å². The zero-order valence-corrected chi connectivity index (χ0v) is 18.5. The molecule has 4 rings (SSSR count). The van der Waals surface area contributed by atoms with E-state index in [2.05, 4.69) is 43.9 Å². The summed E-state index contributed by atoms with van der Waals surface area (Å²) in [5, 5.41) is 10.4. The lowest BCUT2D eigenvalue weighted by atomic mass is 10.2. The van der Waals surface area contributed by atoms with Crippen molar-refractivity contribution in [2.45, 2.75) is 38.3 Å². The van der Waals surface area contributed by atoms with Crippen LogP contribution in [0.4, 0.5) is 5.82 Å². The van der Waals surface area contributed by atoms with Gasteiger partial charge < -0.3 is 19.6 Å². The number of hydrogen-bond donors (Lipinski definition) is 1. The number of rotatable bonds is 8. The molecule has 1 atom stereocenters. The second-order valence-corrected chi connectivity index (χ2v) is 8.78. The van der Waals surface area contributed by atoms with Crippen molar-refractivity contribution in [3.63, 3.8) is 0 Å². The number of pyridine rings is 1. The Balaban J connectivity index is 1.21. The normalized spacial score (nSPS) is 19.7. The summed E-state index contributed by atoms with van der Waals surface area (Å²) in [4.78, 5) is 11.7. The smallest absolute Gasteiger partial charge is 0.128 e. The average molecular weight is 425 g/mol. The molecule has 0 amide bonds. The van der Waals surface area contributed by atoms with Crippen LogP contribution in [0.15, 0.2) is 48.7 Å². The van der Waals surface area contributed by atoms with Crippen molar-refractivity contribution in [2.75, 3.05) is 57.3 Å². The van der Waals surface area contributed by atoms with Crippen molar-refractivity contribution in [1.29, 1.82) is 0 Å². The second-order valence-electron chi connectivity index (χ2n) is 8.78. The summed E-state index contributed by atoms with van der Waals surface area (Å²) in [6.45, 7) is 8.21. The predicted molar refractivity (Wildman–Crippen MR) is 125 cm³/mol. The fourth-order valence-corrected chi connectivity index (χ4v) is 4.53. The molecule has 2 aliphatic heterocycles. The first kappa shape index (κ1) is 22.1. The van der Waals surface area contributed by atoms with Gasteiger partial charge in [-0.2, -0.15) is 0 Å². The molecule has 168 valence electrons. The summed E-state index contributed by atoms with van der Waals surface area (Å²) in [5.41, 5.74) is 1.26. The summed E-state index contributed by atoms with van der Waals surface area (Å²) in [6.07, 6.45) is 6.53. The Bertz CT molecular complexity index is 772. The standard InChI is InChI=1S/C25H36N4O2/c30-23(20-27-12-5-1-2-6-13-27)21-31-24-9-7-8-22(18-24)19-28-14-16-29(17-15-28)25-10-3-4-11-26-25/h3-4,7-11,18,23,30H,1-2,5-6,12-17,19-21H2. The molecule has 2 aromatic rings. The molecule has 1 aromatic heterocycles. The van der Waals surface area contributed by atoms with Crippen molar-refractivity contribution >= 4 is 5.82 Å². The lowest BCUT2D eigenvalue weighted by Crippen LogP contribution is -2.46. The number of piperazine rings is 1. The monoisotopic (exact) mass is 424 g/mol. The van der Waals surface area contributed by atoms with Gasteiger partial charge in [-0.05, 0) is 55.8 Å². The highest BCUT2D eigenvalue weighted by atomic mass is 16.5. The molecule has 6 nitrogen and oxygen atoms in total. The van der Waals surface area contributed by atoms with Crippen LogP contribution < -0.4 is 9.64 Å². The van der Waals surface area contributed by atoms with Crippen LogP contribution in [0, 0.1) is 0 Å². The molecule has 1 N–H and O–H groups in total. The van der Waals surface area contributed by atoms with Crippen LogP contribution >= 0.6 is 0 Å². The lowest BCUT2D eigenvalue weighted by molar-refractivity contribution is 0.0693. The number of anilines is 1. The van der Waals surface area contributed by atoms with Gasteiger partial charge in [0.2, 0.25) is 0 Å². The SMILES string of the molecule is OC(COc1cccc(CN2CCN(c3ccccn3)CC2)c1)CN1CCCCCC1. The third-order valence-electron chi connectivity index (χ3n) is 6.26. The number of aliphatic hydroxyl groups excluding tert-OH is 1. The Labute approximate surface area is 186 Å². The summed E-state index contributed by atoms with van der Waals surface area (Å²) in [6, 6.07) is 14.4. The molecule has 1 aromatic carbocycles. The summed E-state index contributed by atoms with van der Waals surface area (Å²) < 4.78 is 5.93. The maximum absolute atomic E-state index is 10.4. The van der Waals surface area contributed by atoms with Gasteiger partial charge in [-0.3, -0.25) is 4.90 Å². The van der Waals surface area contributed by atoms with E-state index in [1.54, 1.807) is 0 Å². The number of β-amino-alcohol motifs (C(OH)–C–C–N with tert-alkyl or cyclic N) is 1. The summed E-state index contributed by atoms with van der Waals surface area (Å²) in [5.74, 6) is 1.91. The van der Waals surface area contributed by atoms with Crippen LogP contribution in [0.2, 0.25) is 0 Å². The molecule has 6 heteroatoms. The minimum absolute atomic E-state index is 0.350. The Morgan fingerprint density at radius 2 is 1.68 bits per heavy atom. The van der Waals surface area contributed by atoms with Gasteiger partial charge in [0, 0.05) is 45.5 Å². The zero-order chi connectivity index (χ0) is 21.3.